The Morgan fingerprint density at radius 2 is 1.09 bits per heavy atom. The number of rotatable bonds is 18. The molecule has 0 fully saturated rings. The van der Waals surface area contributed by atoms with E-state index >= 15 is 0 Å². The fraction of sp³-hybridized carbons (Fsp3) is 0.933. The highest BCUT2D eigenvalue weighted by atomic mass is 35.5. The average Bonchev–Trinajstić information content (AvgIpc) is 2.54. The molecule has 0 unspecified atom stereocenters. The molecule has 0 aliphatic carbocycles. The number of alkyl halides is 1. The van der Waals surface area contributed by atoms with Crippen molar-refractivity contribution in [2.45, 2.75) is 13.3 Å². The molecular weight excluding hydrogens is 328 g/mol. The molecule has 0 atom stereocenters. The van der Waals surface area contributed by atoms with E-state index in [4.69, 9.17) is 40.0 Å². The number of halogens is 1. The SMILES string of the molecule is CCOC(=O)CCOCCOCCOCCOCCOCCCl. The van der Waals surface area contributed by atoms with E-state index in [2.05, 4.69) is 0 Å². The Morgan fingerprint density at radius 1 is 0.696 bits per heavy atom. The maximum atomic E-state index is 11.0. The van der Waals surface area contributed by atoms with Crippen molar-refractivity contribution in [1.29, 1.82) is 0 Å². The van der Waals surface area contributed by atoms with Gasteiger partial charge in [0.1, 0.15) is 0 Å². The zero-order valence-electron chi connectivity index (χ0n) is 13.9. The second-order valence-corrected chi connectivity index (χ2v) is 4.68. The summed E-state index contributed by atoms with van der Waals surface area (Å²) in [6, 6.07) is 0. The molecule has 7 nitrogen and oxygen atoms in total. The molecule has 0 amide bonds. The lowest BCUT2D eigenvalue weighted by molar-refractivity contribution is -0.144. The topological polar surface area (TPSA) is 72.5 Å². The fourth-order valence-corrected chi connectivity index (χ4v) is 1.53. The Morgan fingerprint density at radius 3 is 1.48 bits per heavy atom. The van der Waals surface area contributed by atoms with Gasteiger partial charge in [0.2, 0.25) is 0 Å². The quantitative estimate of drug-likeness (QED) is 0.208. The lowest BCUT2D eigenvalue weighted by atomic mass is 10.5. The summed E-state index contributed by atoms with van der Waals surface area (Å²) in [7, 11) is 0. The maximum Gasteiger partial charge on any atom is 0.308 e. The molecule has 0 aliphatic heterocycles. The minimum atomic E-state index is -0.241. The summed E-state index contributed by atoms with van der Waals surface area (Å²) in [6.45, 7) is 7.14. The average molecular weight is 357 g/mol. The molecule has 0 aromatic carbocycles. The van der Waals surface area contributed by atoms with Crippen molar-refractivity contribution < 1.29 is 33.2 Å². The van der Waals surface area contributed by atoms with Crippen molar-refractivity contribution >= 4 is 17.6 Å². The maximum absolute atomic E-state index is 11.0. The van der Waals surface area contributed by atoms with E-state index in [0.29, 0.717) is 78.6 Å². The fourth-order valence-electron chi connectivity index (χ4n) is 1.42. The van der Waals surface area contributed by atoms with Crippen LogP contribution >= 0.6 is 11.6 Å². The van der Waals surface area contributed by atoms with Crippen molar-refractivity contribution in [2.75, 3.05) is 78.6 Å². The van der Waals surface area contributed by atoms with Gasteiger partial charge in [0.15, 0.2) is 0 Å². The van der Waals surface area contributed by atoms with Crippen LogP contribution in [0.25, 0.3) is 0 Å². The number of hydrogen-bond donors (Lipinski definition) is 0. The van der Waals surface area contributed by atoms with Gasteiger partial charge in [0.05, 0.1) is 79.1 Å². The third kappa shape index (κ3) is 19.5. The van der Waals surface area contributed by atoms with Gasteiger partial charge in [-0.05, 0) is 6.92 Å². The predicted octanol–water partition coefficient (Wildman–Crippen LogP) is 1.26. The smallest absolute Gasteiger partial charge is 0.308 e. The van der Waals surface area contributed by atoms with Crippen LogP contribution < -0.4 is 0 Å². The molecule has 0 rings (SSSR count). The van der Waals surface area contributed by atoms with Gasteiger partial charge in [-0.15, -0.1) is 11.6 Å². The van der Waals surface area contributed by atoms with Gasteiger partial charge in [0, 0.05) is 5.88 Å². The lowest BCUT2D eigenvalue weighted by Crippen LogP contribution is -2.14. The molecule has 0 radical (unpaired) electrons. The molecular formula is C15H29ClO7. The van der Waals surface area contributed by atoms with Crippen LogP contribution in [-0.2, 0) is 33.2 Å². The van der Waals surface area contributed by atoms with Crippen molar-refractivity contribution in [2.24, 2.45) is 0 Å². The Labute approximate surface area is 143 Å². The van der Waals surface area contributed by atoms with Gasteiger partial charge in [-0.1, -0.05) is 0 Å². The highest BCUT2D eigenvalue weighted by molar-refractivity contribution is 6.17. The van der Waals surface area contributed by atoms with E-state index in [-0.39, 0.29) is 12.4 Å². The van der Waals surface area contributed by atoms with Gasteiger partial charge in [0.25, 0.3) is 0 Å². The molecule has 0 saturated carbocycles. The minimum Gasteiger partial charge on any atom is -0.466 e. The highest BCUT2D eigenvalue weighted by Crippen LogP contribution is 1.89. The summed E-state index contributed by atoms with van der Waals surface area (Å²) >= 11 is 5.46. The molecule has 0 aliphatic rings. The second kappa shape index (κ2) is 19.6. The van der Waals surface area contributed by atoms with E-state index in [1.54, 1.807) is 6.92 Å². The van der Waals surface area contributed by atoms with Crippen molar-refractivity contribution in [1.82, 2.24) is 0 Å². The summed E-state index contributed by atoms with van der Waals surface area (Å²) in [5, 5.41) is 0. The third-order valence-corrected chi connectivity index (χ3v) is 2.62. The van der Waals surface area contributed by atoms with E-state index in [9.17, 15) is 4.79 Å². The van der Waals surface area contributed by atoms with E-state index in [1.165, 1.54) is 0 Å². The zero-order valence-corrected chi connectivity index (χ0v) is 14.7. The van der Waals surface area contributed by atoms with Crippen LogP contribution in [0.1, 0.15) is 13.3 Å². The standard InChI is InChI=1S/C15H29ClO7/c1-2-23-15(17)3-5-18-7-9-20-11-13-22-14-12-21-10-8-19-6-4-16/h2-14H2,1H3. The zero-order chi connectivity index (χ0) is 17.0. The first kappa shape index (κ1) is 22.6. The Balaban J connectivity index is 3.01. The van der Waals surface area contributed by atoms with E-state index in [0.717, 1.165) is 0 Å². The van der Waals surface area contributed by atoms with Crippen LogP contribution in [-0.4, -0.2) is 84.5 Å². The summed E-state index contributed by atoms with van der Waals surface area (Å²) in [6.07, 6.45) is 0.272. The van der Waals surface area contributed by atoms with Gasteiger partial charge in [-0.25, -0.2) is 0 Å². The predicted molar refractivity (Wildman–Crippen MR) is 86.1 cm³/mol. The number of esters is 1. The summed E-state index contributed by atoms with van der Waals surface area (Å²) in [5.41, 5.74) is 0. The monoisotopic (exact) mass is 356 g/mol. The summed E-state index contributed by atoms with van der Waals surface area (Å²) in [5.74, 6) is 0.258. The number of hydrogen-bond acceptors (Lipinski definition) is 7. The Kier molecular flexibility index (Phi) is 19.2. The first-order chi connectivity index (χ1) is 11.3. The largest absolute Gasteiger partial charge is 0.466 e. The second-order valence-electron chi connectivity index (χ2n) is 4.31. The Hall–Kier alpha value is -0.440. The van der Waals surface area contributed by atoms with Crippen molar-refractivity contribution in [3.05, 3.63) is 0 Å². The van der Waals surface area contributed by atoms with Crippen LogP contribution in [0.3, 0.4) is 0 Å². The normalized spacial score (nSPS) is 10.9. The van der Waals surface area contributed by atoms with Crippen LogP contribution in [0.2, 0.25) is 0 Å². The highest BCUT2D eigenvalue weighted by Gasteiger charge is 2.00. The molecule has 0 spiro atoms. The molecule has 138 valence electrons. The lowest BCUT2D eigenvalue weighted by Gasteiger charge is -2.07. The molecule has 0 saturated heterocycles. The molecule has 23 heavy (non-hydrogen) atoms. The van der Waals surface area contributed by atoms with E-state index in [1.807, 2.05) is 0 Å². The molecule has 0 aromatic heterocycles. The van der Waals surface area contributed by atoms with Crippen molar-refractivity contribution in [3.8, 4) is 0 Å². The van der Waals surface area contributed by atoms with Crippen molar-refractivity contribution in [3.63, 3.8) is 0 Å². The number of carbonyl (C=O) groups excluding carboxylic acids is 1. The van der Waals surface area contributed by atoms with Crippen LogP contribution in [0.5, 0.6) is 0 Å². The summed E-state index contributed by atoms with van der Waals surface area (Å²) < 4.78 is 31.1. The first-order valence-electron chi connectivity index (χ1n) is 7.91. The van der Waals surface area contributed by atoms with E-state index < -0.39 is 0 Å². The first-order valence-corrected chi connectivity index (χ1v) is 8.45. The summed E-state index contributed by atoms with van der Waals surface area (Å²) in [4.78, 5) is 11.0. The van der Waals surface area contributed by atoms with Gasteiger partial charge >= 0.3 is 5.97 Å². The molecule has 0 bridgehead atoms. The molecule has 0 heterocycles. The van der Waals surface area contributed by atoms with Gasteiger partial charge in [-0.3, -0.25) is 4.79 Å². The third-order valence-electron chi connectivity index (χ3n) is 2.47. The minimum absolute atomic E-state index is 0.241. The van der Waals surface area contributed by atoms with Crippen LogP contribution in [0.15, 0.2) is 0 Å². The molecule has 8 heteroatoms. The Bertz CT molecular complexity index is 254. The van der Waals surface area contributed by atoms with Crippen LogP contribution in [0.4, 0.5) is 0 Å². The molecule has 0 N–H and O–H groups in total. The van der Waals surface area contributed by atoms with Gasteiger partial charge < -0.3 is 28.4 Å². The van der Waals surface area contributed by atoms with Gasteiger partial charge in [-0.2, -0.15) is 0 Å². The van der Waals surface area contributed by atoms with Crippen LogP contribution in [0, 0.1) is 0 Å². The molecule has 0 aromatic rings. The number of ether oxygens (including phenoxy) is 6. The number of carbonyl (C=O) groups is 1.